The van der Waals surface area contributed by atoms with Gasteiger partial charge in [0.15, 0.2) is 11.5 Å². The molecule has 30 heavy (non-hydrogen) atoms. The lowest BCUT2D eigenvalue weighted by molar-refractivity contribution is -0.385. The quantitative estimate of drug-likeness (QED) is 0.312. The number of halogens is 2. The number of anilines is 1. The van der Waals surface area contributed by atoms with Crippen LogP contribution in [0.1, 0.15) is 11.1 Å². The summed E-state index contributed by atoms with van der Waals surface area (Å²) < 4.78 is 24.4. The number of rotatable bonds is 8. The van der Waals surface area contributed by atoms with Crippen molar-refractivity contribution in [2.75, 3.05) is 12.5 Å². The molecular formula is C20H16ClFN4O4. The molecule has 0 amide bonds. The van der Waals surface area contributed by atoms with Crippen LogP contribution < -0.4 is 14.9 Å². The Morgan fingerprint density at radius 2 is 2.13 bits per heavy atom. The number of nitro groups is 1. The Labute approximate surface area is 176 Å². The first kappa shape index (κ1) is 21.0. The van der Waals surface area contributed by atoms with Crippen molar-refractivity contribution in [1.82, 2.24) is 4.98 Å². The van der Waals surface area contributed by atoms with Gasteiger partial charge in [0, 0.05) is 6.07 Å². The lowest BCUT2D eigenvalue weighted by Gasteiger charge is -2.13. The summed E-state index contributed by atoms with van der Waals surface area (Å²) in [6.45, 7) is 0.120. The van der Waals surface area contributed by atoms with Crippen molar-refractivity contribution >= 4 is 29.3 Å². The van der Waals surface area contributed by atoms with Gasteiger partial charge in [-0.05, 0) is 41.5 Å². The average Bonchev–Trinajstić information content (AvgIpc) is 2.73. The van der Waals surface area contributed by atoms with Gasteiger partial charge in [-0.2, -0.15) is 5.10 Å². The molecule has 0 saturated heterocycles. The van der Waals surface area contributed by atoms with Gasteiger partial charge >= 0.3 is 0 Å². The fourth-order valence-corrected chi connectivity index (χ4v) is 2.74. The number of benzene rings is 2. The highest BCUT2D eigenvalue weighted by Crippen LogP contribution is 2.36. The van der Waals surface area contributed by atoms with Crippen LogP contribution >= 0.6 is 11.6 Å². The minimum absolute atomic E-state index is 0.116. The Morgan fingerprint density at radius 3 is 2.80 bits per heavy atom. The van der Waals surface area contributed by atoms with Crippen LogP contribution in [0.15, 0.2) is 59.8 Å². The maximum atomic E-state index is 13.3. The van der Waals surface area contributed by atoms with Crippen molar-refractivity contribution in [3.05, 3.63) is 86.8 Å². The third-order valence-corrected chi connectivity index (χ3v) is 4.16. The van der Waals surface area contributed by atoms with Crippen LogP contribution in [0.2, 0.25) is 5.02 Å². The molecule has 10 heteroatoms. The van der Waals surface area contributed by atoms with Crippen LogP contribution in [-0.2, 0) is 6.61 Å². The first-order valence-electron chi connectivity index (χ1n) is 8.60. The molecule has 3 aromatic rings. The number of nitrogens with one attached hydrogen (secondary N) is 1. The topological polar surface area (TPSA) is 98.9 Å². The summed E-state index contributed by atoms with van der Waals surface area (Å²) in [7, 11) is 1.47. The molecule has 0 saturated carbocycles. The van der Waals surface area contributed by atoms with Gasteiger partial charge in [0.05, 0.1) is 23.3 Å². The van der Waals surface area contributed by atoms with Crippen molar-refractivity contribution in [2.45, 2.75) is 6.61 Å². The number of hydrogen-bond acceptors (Lipinski definition) is 7. The zero-order valence-corrected chi connectivity index (χ0v) is 16.5. The molecule has 1 aromatic heterocycles. The van der Waals surface area contributed by atoms with E-state index in [1.165, 1.54) is 37.6 Å². The van der Waals surface area contributed by atoms with Crippen LogP contribution in [-0.4, -0.2) is 23.2 Å². The molecule has 2 aromatic carbocycles. The number of ether oxygens (including phenoxy) is 2. The van der Waals surface area contributed by atoms with Crippen molar-refractivity contribution < 1.29 is 18.8 Å². The summed E-state index contributed by atoms with van der Waals surface area (Å²) in [5.74, 6) is 0.695. The van der Waals surface area contributed by atoms with Gasteiger partial charge in [0.1, 0.15) is 24.4 Å². The van der Waals surface area contributed by atoms with E-state index in [0.29, 0.717) is 33.5 Å². The Bertz CT molecular complexity index is 1080. The van der Waals surface area contributed by atoms with Gasteiger partial charge in [0.25, 0.3) is 5.69 Å². The number of pyridine rings is 1. The average molecular weight is 431 g/mol. The normalized spacial score (nSPS) is 10.8. The molecule has 0 aliphatic rings. The molecule has 154 valence electrons. The van der Waals surface area contributed by atoms with E-state index in [2.05, 4.69) is 15.5 Å². The first-order valence-corrected chi connectivity index (χ1v) is 8.98. The second-order valence-electron chi connectivity index (χ2n) is 5.98. The molecule has 0 spiro atoms. The number of aromatic nitrogens is 1. The van der Waals surface area contributed by atoms with Gasteiger partial charge < -0.3 is 9.47 Å². The molecule has 3 rings (SSSR count). The van der Waals surface area contributed by atoms with Crippen molar-refractivity contribution in [3.8, 4) is 11.5 Å². The van der Waals surface area contributed by atoms with Crippen molar-refractivity contribution in [3.63, 3.8) is 0 Å². The maximum absolute atomic E-state index is 13.3. The summed E-state index contributed by atoms with van der Waals surface area (Å²) in [6, 6.07) is 12.1. The van der Waals surface area contributed by atoms with Crippen LogP contribution in [0.4, 0.5) is 15.9 Å². The highest BCUT2D eigenvalue weighted by atomic mass is 35.5. The van der Waals surface area contributed by atoms with E-state index in [1.807, 2.05) is 0 Å². The highest BCUT2D eigenvalue weighted by molar-refractivity contribution is 6.32. The summed E-state index contributed by atoms with van der Waals surface area (Å²) in [4.78, 5) is 14.0. The summed E-state index contributed by atoms with van der Waals surface area (Å²) in [6.07, 6.45) is 2.61. The predicted molar refractivity (Wildman–Crippen MR) is 111 cm³/mol. The van der Waals surface area contributed by atoms with Gasteiger partial charge in [0.2, 0.25) is 0 Å². The maximum Gasteiger partial charge on any atom is 0.287 e. The zero-order chi connectivity index (χ0) is 21.5. The Hall–Kier alpha value is -3.72. The third kappa shape index (κ3) is 5.42. The van der Waals surface area contributed by atoms with Gasteiger partial charge in [-0.15, -0.1) is 0 Å². The Kier molecular flexibility index (Phi) is 6.76. The molecule has 1 heterocycles. The number of nitrogens with zero attached hydrogens (tertiary/aromatic N) is 3. The van der Waals surface area contributed by atoms with E-state index >= 15 is 0 Å². The van der Waals surface area contributed by atoms with E-state index in [-0.39, 0.29) is 18.1 Å². The number of methoxy groups -OCH3 is 1. The van der Waals surface area contributed by atoms with Gasteiger partial charge in [-0.1, -0.05) is 23.7 Å². The third-order valence-electron chi connectivity index (χ3n) is 3.88. The van der Waals surface area contributed by atoms with Gasteiger partial charge in [-0.25, -0.2) is 9.37 Å². The summed E-state index contributed by atoms with van der Waals surface area (Å²) in [5, 5.41) is 15.0. The molecule has 0 radical (unpaired) electrons. The fourth-order valence-electron chi connectivity index (χ4n) is 2.47. The monoisotopic (exact) mass is 430 g/mol. The molecule has 0 fully saturated rings. The smallest absolute Gasteiger partial charge is 0.287 e. The molecule has 8 nitrogen and oxygen atoms in total. The van der Waals surface area contributed by atoms with Crippen LogP contribution in [0.3, 0.4) is 0 Å². The molecule has 0 aliphatic carbocycles. The SMILES string of the molecule is COc1cc(/C=N/Nc2ccc([N+](=O)[O-])cn2)cc(Cl)c1OCc1cccc(F)c1. The second-order valence-corrected chi connectivity index (χ2v) is 6.39. The number of hydrogen-bond donors (Lipinski definition) is 1. The van der Waals surface area contributed by atoms with Crippen LogP contribution in [0.25, 0.3) is 0 Å². The molecule has 0 bridgehead atoms. The summed E-state index contributed by atoms with van der Waals surface area (Å²) >= 11 is 6.32. The van der Waals surface area contributed by atoms with E-state index < -0.39 is 4.92 Å². The Morgan fingerprint density at radius 1 is 1.30 bits per heavy atom. The van der Waals surface area contributed by atoms with Crippen LogP contribution in [0.5, 0.6) is 11.5 Å². The molecule has 0 atom stereocenters. The summed E-state index contributed by atoms with van der Waals surface area (Å²) in [5.41, 5.74) is 3.82. The lowest BCUT2D eigenvalue weighted by atomic mass is 10.2. The van der Waals surface area contributed by atoms with Crippen LogP contribution in [0, 0.1) is 15.9 Å². The standard InChI is InChI=1S/C20H16ClFN4O4/c1-29-18-9-14(10-24-25-19-6-5-16(11-23-19)26(27)28)8-17(21)20(18)30-12-13-3-2-4-15(22)7-13/h2-11H,12H2,1H3,(H,23,25)/b24-10+. The zero-order valence-electron chi connectivity index (χ0n) is 15.7. The van der Waals surface area contributed by atoms with Crippen molar-refractivity contribution in [1.29, 1.82) is 0 Å². The molecule has 0 aliphatic heterocycles. The minimum Gasteiger partial charge on any atom is -0.493 e. The Balaban J connectivity index is 1.69. The van der Waals surface area contributed by atoms with Crippen molar-refractivity contribution in [2.24, 2.45) is 5.10 Å². The minimum atomic E-state index is -0.535. The van der Waals surface area contributed by atoms with Gasteiger partial charge in [-0.3, -0.25) is 15.5 Å². The molecular weight excluding hydrogens is 415 g/mol. The predicted octanol–water partition coefficient (Wildman–Crippen LogP) is 4.82. The molecule has 1 N–H and O–H groups in total. The van der Waals surface area contributed by atoms with E-state index in [9.17, 15) is 14.5 Å². The number of hydrazone groups is 1. The van der Waals surface area contributed by atoms with E-state index in [1.54, 1.807) is 24.3 Å². The van der Waals surface area contributed by atoms with E-state index in [0.717, 1.165) is 6.20 Å². The highest BCUT2D eigenvalue weighted by Gasteiger charge is 2.12. The first-order chi connectivity index (χ1) is 14.5. The largest absolute Gasteiger partial charge is 0.493 e. The lowest BCUT2D eigenvalue weighted by Crippen LogP contribution is -2.00. The molecule has 0 unspecified atom stereocenters. The van der Waals surface area contributed by atoms with E-state index in [4.69, 9.17) is 21.1 Å². The second kappa shape index (κ2) is 9.66. The fraction of sp³-hybridized carbons (Fsp3) is 0.100.